The normalized spacial score (nSPS) is 14.4. The van der Waals surface area contributed by atoms with Crippen LogP contribution in [0.15, 0.2) is 55.1 Å². The third kappa shape index (κ3) is 7.00. The van der Waals surface area contributed by atoms with Crippen molar-refractivity contribution in [2.24, 2.45) is 0 Å². The van der Waals surface area contributed by atoms with Crippen LogP contribution < -0.4 is 4.74 Å². The summed E-state index contributed by atoms with van der Waals surface area (Å²) in [5.41, 5.74) is -0.319. The Labute approximate surface area is 205 Å². The molecule has 0 amide bonds. The van der Waals surface area contributed by atoms with Gasteiger partial charge in [0.1, 0.15) is 17.1 Å². The van der Waals surface area contributed by atoms with E-state index >= 15 is 0 Å². The molecule has 0 atom stereocenters. The summed E-state index contributed by atoms with van der Waals surface area (Å²) < 4.78 is 69.7. The fraction of sp³-hybridized carbons (Fsp3) is 0.379. The van der Waals surface area contributed by atoms with Crippen LogP contribution in [0.1, 0.15) is 74.1 Å². The van der Waals surface area contributed by atoms with E-state index in [1.54, 1.807) is 6.07 Å². The van der Waals surface area contributed by atoms with Crippen LogP contribution in [0.2, 0.25) is 0 Å². The van der Waals surface area contributed by atoms with Crippen molar-refractivity contribution >= 4 is 11.8 Å². The van der Waals surface area contributed by atoms with Crippen molar-refractivity contribution < 1.29 is 27.0 Å². The zero-order chi connectivity index (χ0) is 25.3. The maximum Gasteiger partial charge on any atom is 0.430 e. The molecule has 0 spiro atoms. The summed E-state index contributed by atoms with van der Waals surface area (Å²) in [5.74, 6) is -2.41. The Bertz CT molecular complexity index is 1070. The first-order valence-electron chi connectivity index (χ1n) is 12.2. The number of aryl methyl sites for hydroxylation is 1. The van der Waals surface area contributed by atoms with E-state index in [1.165, 1.54) is 30.3 Å². The minimum absolute atomic E-state index is 0.0692. The van der Waals surface area contributed by atoms with E-state index in [-0.39, 0.29) is 29.2 Å². The molecule has 0 N–H and O–H groups in total. The molecular formula is C29H32F4O2. The molecule has 1 heterocycles. The molecule has 2 nitrogen and oxygen atoms in total. The summed E-state index contributed by atoms with van der Waals surface area (Å²) in [5, 5.41) is 0. The summed E-state index contributed by atoms with van der Waals surface area (Å²) in [6, 6.07) is 7.10. The predicted molar refractivity (Wildman–Crippen MR) is 132 cm³/mol. The monoisotopic (exact) mass is 488 g/mol. The molecule has 0 unspecified atom stereocenters. The van der Waals surface area contributed by atoms with E-state index in [4.69, 9.17) is 9.47 Å². The molecule has 3 rings (SSSR count). The molecule has 0 fully saturated rings. The molecule has 1 aliphatic rings. The first-order valence-corrected chi connectivity index (χ1v) is 12.2. The summed E-state index contributed by atoms with van der Waals surface area (Å²) in [7, 11) is 0. The first kappa shape index (κ1) is 26.6. The predicted octanol–water partition coefficient (Wildman–Crippen LogP) is 8.96. The Morgan fingerprint density at radius 1 is 1.00 bits per heavy atom. The molecule has 6 heteroatoms. The second-order valence-corrected chi connectivity index (χ2v) is 8.57. The SMILES string of the molecule is C=CCC/C=C/CCc1ccc(C2=Cc3ccc(OCCCCCC)c(F)c3C(F)(F)O2)c(F)c1. The van der Waals surface area contributed by atoms with Gasteiger partial charge in [-0.05, 0) is 67.5 Å². The molecule has 1 aliphatic heterocycles. The Morgan fingerprint density at radius 3 is 2.54 bits per heavy atom. The van der Waals surface area contributed by atoms with Gasteiger partial charge in [0.2, 0.25) is 0 Å². The lowest BCUT2D eigenvalue weighted by Crippen LogP contribution is -2.24. The standard InChI is InChI=1S/C29H32F4O2/c1-3-5-7-9-10-11-13-21-14-16-23(24(30)19-21)26-20-22-15-17-25(34-18-12-8-6-4-2)28(31)27(22)29(32,33)35-26/h3,9-10,14-17,19-20H,1,4-8,11-13,18H2,2H3/b10-9+. The van der Waals surface area contributed by atoms with Crippen molar-refractivity contribution in [3.63, 3.8) is 0 Å². The van der Waals surface area contributed by atoms with Crippen molar-refractivity contribution in [2.45, 2.75) is 64.4 Å². The molecule has 0 saturated carbocycles. The van der Waals surface area contributed by atoms with Crippen molar-refractivity contribution in [1.29, 1.82) is 0 Å². The molecule has 0 aliphatic carbocycles. The second kappa shape index (κ2) is 12.6. The van der Waals surface area contributed by atoms with Gasteiger partial charge in [-0.25, -0.2) is 8.78 Å². The highest BCUT2D eigenvalue weighted by molar-refractivity contribution is 5.81. The highest BCUT2D eigenvalue weighted by Gasteiger charge is 2.44. The zero-order valence-electron chi connectivity index (χ0n) is 20.1. The van der Waals surface area contributed by atoms with Crippen LogP contribution >= 0.6 is 0 Å². The molecular weight excluding hydrogens is 456 g/mol. The summed E-state index contributed by atoms with van der Waals surface area (Å²) >= 11 is 0. The number of rotatable bonds is 13. The first-order chi connectivity index (χ1) is 16.9. The number of fused-ring (bicyclic) bond motifs is 1. The van der Waals surface area contributed by atoms with E-state index in [0.29, 0.717) is 12.8 Å². The molecule has 188 valence electrons. The van der Waals surface area contributed by atoms with Crippen LogP contribution in [-0.2, 0) is 17.3 Å². The van der Waals surface area contributed by atoms with Crippen LogP contribution in [-0.4, -0.2) is 6.61 Å². The molecule has 2 aromatic rings. The van der Waals surface area contributed by atoms with Crippen molar-refractivity contribution in [1.82, 2.24) is 0 Å². The van der Waals surface area contributed by atoms with E-state index in [1.807, 2.05) is 12.2 Å². The highest BCUT2D eigenvalue weighted by Crippen LogP contribution is 2.45. The second-order valence-electron chi connectivity index (χ2n) is 8.57. The van der Waals surface area contributed by atoms with Crippen LogP contribution in [0.4, 0.5) is 17.6 Å². The summed E-state index contributed by atoms with van der Waals surface area (Å²) in [6.07, 6.45) is 10.1. The number of benzene rings is 2. The largest absolute Gasteiger partial charge is 0.491 e. The Morgan fingerprint density at radius 2 is 1.80 bits per heavy atom. The summed E-state index contributed by atoms with van der Waals surface area (Å²) in [6.45, 7) is 5.98. The van der Waals surface area contributed by atoms with Crippen LogP contribution in [0.3, 0.4) is 0 Å². The zero-order valence-corrected chi connectivity index (χ0v) is 20.1. The van der Waals surface area contributed by atoms with Gasteiger partial charge in [0.05, 0.1) is 12.2 Å². The molecule has 35 heavy (non-hydrogen) atoms. The Balaban J connectivity index is 1.75. The maximum absolute atomic E-state index is 14.9. The number of ether oxygens (including phenoxy) is 2. The lowest BCUT2D eigenvalue weighted by molar-refractivity contribution is -0.207. The lowest BCUT2D eigenvalue weighted by atomic mass is 9.99. The van der Waals surface area contributed by atoms with Gasteiger partial charge >= 0.3 is 6.11 Å². The highest BCUT2D eigenvalue weighted by atomic mass is 19.3. The molecule has 2 aromatic carbocycles. The van der Waals surface area contributed by atoms with Crippen molar-refractivity contribution in [3.05, 3.63) is 89.0 Å². The van der Waals surface area contributed by atoms with Crippen molar-refractivity contribution in [2.75, 3.05) is 6.61 Å². The van der Waals surface area contributed by atoms with Crippen LogP contribution in [0.5, 0.6) is 5.75 Å². The number of unbranched alkanes of at least 4 members (excludes halogenated alkanes) is 4. The van der Waals surface area contributed by atoms with Gasteiger partial charge in [-0.1, -0.05) is 56.5 Å². The lowest BCUT2D eigenvalue weighted by Gasteiger charge is -2.27. The van der Waals surface area contributed by atoms with E-state index in [2.05, 4.69) is 19.6 Å². The van der Waals surface area contributed by atoms with Gasteiger partial charge in [-0.3, -0.25) is 0 Å². The van der Waals surface area contributed by atoms with E-state index < -0.39 is 23.3 Å². The fourth-order valence-electron chi connectivity index (χ4n) is 3.92. The molecule has 0 bridgehead atoms. The average molecular weight is 489 g/mol. The minimum atomic E-state index is -3.97. The quantitative estimate of drug-likeness (QED) is 0.159. The Hall–Kier alpha value is -3.02. The number of allylic oxidation sites excluding steroid dienone is 3. The molecule has 0 radical (unpaired) electrons. The average Bonchev–Trinajstić information content (AvgIpc) is 2.81. The van der Waals surface area contributed by atoms with Gasteiger partial charge in [0, 0.05) is 0 Å². The number of hydrogen-bond acceptors (Lipinski definition) is 2. The van der Waals surface area contributed by atoms with Gasteiger partial charge < -0.3 is 9.47 Å². The maximum atomic E-state index is 14.9. The van der Waals surface area contributed by atoms with Gasteiger partial charge in [0.15, 0.2) is 11.6 Å². The fourth-order valence-corrected chi connectivity index (χ4v) is 3.92. The van der Waals surface area contributed by atoms with E-state index in [9.17, 15) is 17.6 Å². The number of hydrogen-bond donors (Lipinski definition) is 0. The smallest absolute Gasteiger partial charge is 0.430 e. The minimum Gasteiger partial charge on any atom is -0.491 e. The van der Waals surface area contributed by atoms with Crippen LogP contribution in [0, 0.1) is 11.6 Å². The van der Waals surface area contributed by atoms with Gasteiger partial charge in [0.25, 0.3) is 0 Å². The van der Waals surface area contributed by atoms with E-state index in [0.717, 1.165) is 44.1 Å². The molecule has 0 saturated heterocycles. The number of alkyl halides is 2. The van der Waals surface area contributed by atoms with Gasteiger partial charge in [-0.15, -0.1) is 6.58 Å². The van der Waals surface area contributed by atoms with Crippen LogP contribution in [0.25, 0.3) is 11.8 Å². The van der Waals surface area contributed by atoms with Crippen molar-refractivity contribution in [3.8, 4) is 5.75 Å². The topological polar surface area (TPSA) is 18.5 Å². The third-order valence-corrected chi connectivity index (χ3v) is 5.81. The third-order valence-electron chi connectivity index (χ3n) is 5.81. The molecule has 0 aromatic heterocycles. The Kier molecular flexibility index (Phi) is 9.58. The number of halogens is 4. The van der Waals surface area contributed by atoms with Gasteiger partial charge in [-0.2, -0.15) is 8.78 Å². The summed E-state index contributed by atoms with van der Waals surface area (Å²) in [4.78, 5) is 0.